The molecule has 21 heteroatoms. The Kier molecular flexibility index (Phi) is 23.6. The number of aromatic hydroxyl groups is 1. The average Bonchev–Trinajstić information content (AvgIpc) is 3.03. The zero-order valence-corrected chi connectivity index (χ0v) is 32.5. The van der Waals surface area contributed by atoms with Gasteiger partial charge >= 0.3 is 40.9 Å². The molecule has 2 aromatic carbocycles. The summed E-state index contributed by atoms with van der Waals surface area (Å²) in [6.45, 7) is -2.74. The van der Waals surface area contributed by atoms with E-state index in [0.29, 0.717) is 24.2 Å². The van der Waals surface area contributed by atoms with Crippen LogP contribution in [0, 0.1) is 7.14 Å². The summed E-state index contributed by atoms with van der Waals surface area (Å²) >= 11 is 4.08. The van der Waals surface area contributed by atoms with Crippen molar-refractivity contribution in [2.24, 2.45) is 0 Å². The summed E-state index contributed by atoms with van der Waals surface area (Å²) in [4.78, 5) is 48.0. The maximum atomic E-state index is 12.1. The van der Waals surface area contributed by atoms with Crippen LogP contribution in [0.4, 0.5) is 0 Å². The fourth-order valence-electron chi connectivity index (χ4n) is 4.33. The maximum absolute atomic E-state index is 12.1. The number of aliphatic carboxylic acids is 4. The summed E-state index contributed by atoms with van der Waals surface area (Å²) < 4.78 is 7.25. The number of phenols is 1. The molecule has 0 aliphatic rings. The summed E-state index contributed by atoms with van der Waals surface area (Å²) in [5.41, 5.74) is 0.600. The van der Waals surface area contributed by atoms with E-state index in [0.717, 1.165) is 4.90 Å². The van der Waals surface area contributed by atoms with Crippen LogP contribution in [-0.4, -0.2) is 168 Å². The van der Waals surface area contributed by atoms with Gasteiger partial charge in [0.2, 0.25) is 0 Å². The van der Waals surface area contributed by atoms with Gasteiger partial charge in [-0.3, -0.25) is 29.0 Å². The van der Waals surface area contributed by atoms with Crippen LogP contribution in [0.3, 0.4) is 0 Å². The van der Waals surface area contributed by atoms with Crippen molar-refractivity contribution in [2.75, 3.05) is 52.9 Å². The molecule has 0 aliphatic carbocycles. The molecule has 0 fully saturated rings. The fraction of sp³-hybridized carbons (Fsp3) is 0.467. The molecule has 5 atom stereocenters. The standard InChI is InChI=1S/C23H24I2N2O10.C7H17NO5.Mn/c24-16-7-13(8-17(25)22(16)37-15-3-1-14(28)2-4-15)9-18(23(35)36)27(12-21(33)34)6-5-26(10-19(29)30)11-20(31)32;1-8-2-4(10)6(12)7(13)5(11)3-9;/h1-4,7-8,18,28H,5-6,9-12H2,(H,29,30)(H,31,32)(H,33,34)(H,35,36);4-13H,2-3H2,1H3;/q;;+2/t;4-,5+,6+,7+;/m.0./s1. The third-order valence-electron chi connectivity index (χ3n) is 6.77. The number of carbonyl (C=O) groups is 4. The Bertz CT molecular complexity index is 1370. The van der Waals surface area contributed by atoms with E-state index in [1.54, 1.807) is 31.3 Å². The first-order valence-corrected chi connectivity index (χ1v) is 16.8. The van der Waals surface area contributed by atoms with Gasteiger partial charge in [-0.1, -0.05) is 0 Å². The van der Waals surface area contributed by atoms with E-state index in [1.807, 2.05) is 45.2 Å². The zero-order valence-electron chi connectivity index (χ0n) is 27.0. The molecule has 1 radical (unpaired) electrons. The normalized spacial score (nSPS) is 13.9. The average molecular weight is 992 g/mol. The number of likely N-dealkylation sites (N-methyl/N-ethyl adjacent to an activating group) is 1. The molecule has 0 heterocycles. The zero-order chi connectivity index (χ0) is 38.1. The van der Waals surface area contributed by atoms with Crippen LogP contribution < -0.4 is 10.1 Å². The second-order valence-electron chi connectivity index (χ2n) is 10.8. The Morgan fingerprint density at radius 3 is 1.73 bits per heavy atom. The fourth-order valence-corrected chi connectivity index (χ4v) is 6.45. The van der Waals surface area contributed by atoms with Gasteiger partial charge in [0.15, 0.2) is 5.75 Å². The van der Waals surface area contributed by atoms with Crippen molar-refractivity contribution in [1.29, 1.82) is 0 Å². The molecule has 2 rings (SSSR count). The minimum Gasteiger partial charge on any atom is -0.508 e. The number of hydrogen-bond donors (Lipinski definition) is 11. The van der Waals surface area contributed by atoms with E-state index in [4.69, 9.17) is 35.4 Å². The van der Waals surface area contributed by atoms with E-state index in [-0.39, 0.29) is 48.9 Å². The Morgan fingerprint density at radius 1 is 0.804 bits per heavy atom. The number of phenolic OH excluding ortho intramolecular Hbond substituents is 1. The van der Waals surface area contributed by atoms with Gasteiger partial charge in [0.1, 0.15) is 35.9 Å². The van der Waals surface area contributed by atoms with Crippen LogP contribution in [0.2, 0.25) is 0 Å². The van der Waals surface area contributed by atoms with Crippen LogP contribution in [0.1, 0.15) is 5.56 Å². The number of halogens is 2. The van der Waals surface area contributed by atoms with Crippen LogP contribution >= 0.6 is 45.2 Å². The first kappa shape index (κ1) is 48.6. The molecule has 0 aromatic heterocycles. The van der Waals surface area contributed by atoms with E-state index in [1.165, 1.54) is 17.0 Å². The molecule has 0 bridgehead atoms. The van der Waals surface area contributed by atoms with Crippen LogP contribution in [-0.2, 0) is 42.7 Å². The minimum atomic E-state index is -1.55. The second-order valence-corrected chi connectivity index (χ2v) is 13.1. The minimum absolute atomic E-state index is 0. The molecular weight excluding hydrogens is 951 g/mol. The van der Waals surface area contributed by atoms with Crippen molar-refractivity contribution >= 4 is 69.1 Å². The number of aliphatic hydroxyl groups is 5. The number of carboxylic acid groups (broad SMARTS) is 4. The SMILES string of the molecule is CNC[C@H](O)[C@@H](O)[C@H](O)[C@H](O)CO.O=C(O)CN(CCN(CC(=O)O)C(Cc1cc(I)c(Oc2ccc(O)cc2)c(I)c1)C(=O)O)CC(=O)O.[Mn+2]. The Morgan fingerprint density at radius 2 is 1.29 bits per heavy atom. The molecule has 18 nitrogen and oxygen atoms in total. The van der Waals surface area contributed by atoms with Crippen molar-refractivity contribution in [3.8, 4) is 17.2 Å². The molecule has 0 saturated carbocycles. The van der Waals surface area contributed by atoms with Crippen molar-refractivity contribution < 1.29 is 92.0 Å². The van der Waals surface area contributed by atoms with E-state index < -0.39 is 80.6 Å². The molecule has 1 unspecified atom stereocenters. The Hall–Kier alpha value is -2.42. The first-order valence-electron chi connectivity index (χ1n) is 14.7. The van der Waals surface area contributed by atoms with Crippen molar-refractivity contribution in [3.05, 3.63) is 49.1 Å². The summed E-state index contributed by atoms with van der Waals surface area (Å²) in [5, 5.41) is 94.2. The summed E-state index contributed by atoms with van der Waals surface area (Å²) in [6, 6.07) is 8.30. The number of carboxylic acids is 4. The topological polar surface area (TPSA) is 298 Å². The quantitative estimate of drug-likeness (QED) is 0.0522. The summed E-state index contributed by atoms with van der Waals surface area (Å²) in [6.07, 6.45) is -5.71. The van der Waals surface area contributed by atoms with Crippen LogP contribution in [0.5, 0.6) is 17.2 Å². The predicted molar refractivity (Wildman–Crippen MR) is 191 cm³/mol. The number of nitrogens with one attached hydrogen (secondary N) is 1. The predicted octanol–water partition coefficient (Wildman–Crippen LogP) is -1.11. The van der Waals surface area contributed by atoms with E-state index in [2.05, 4.69) is 5.32 Å². The number of rotatable bonds is 21. The van der Waals surface area contributed by atoms with E-state index in [9.17, 15) is 39.6 Å². The van der Waals surface area contributed by atoms with E-state index >= 15 is 0 Å². The summed E-state index contributed by atoms with van der Waals surface area (Å²) in [5.74, 6) is -3.98. The van der Waals surface area contributed by atoms with Gasteiger partial charge in [0.25, 0.3) is 0 Å². The number of aliphatic hydroxyl groups excluding tert-OH is 5. The summed E-state index contributed by atoms with van der Waals surface area (Å²) in [7, 11) is 1.57. The molecule has 11 N–H and O–H groups in total. The largest absolute Gasteiger partial charge is 2.00 e. The number of nitrogens with zero attached hydrogens (tertiary/aromatic N) is 2. The molecule has 51 heavy (non-hydrogen) atoms. The molecule has 2 aromatic rings. The molecule has 0 saturated heterocycles. The molecule has 285 valence electrons. The van der Waals surface area contributed by atoms with Gasteiger partial charge in [0.05, 0.1) is 39.5 Å². The molecular formula is C30H41I2MnN3O15+2. The van der Waals surface area contributed by atoms with Gasteiger partial charge < -0.3 is 61.1 Å². The monoisotopic (exact) mass is 992 g/mol. The third kappa shape index (κ3) is 18.3. The van der Waals surface area contributed by atoms with Gasteiger partial charge in [-0.2, -0.15) is 0 Å². The van der Waals surface area contributed by atoms with Crippen LogP contribution in [0.15, 0.2) is 36.4 Å². The van der Waals surface area contributed by atoms with Gasteiger partial charge in [-0.15, -0.1) is 0 Å². The smallest absolute Gasteiger partial charge is 0.508 e. The van der Waals surface area contributed by atoms with Crippen molar-refractivity contribution in [1.82, 2.24) is 15.1 Å². The maximum Gasteiger partial charge on any atom is 2.00 e. The van der Waals surface area contributed by atoms with Gasteiger partial charge in [0, 0.05) is 19.6 Å². The number of hydrogen-bond acceptors (Lipinski definition) is 14. The molecule has 0 amide bonds. The van der Waals surface area contributed by atoms with Gasteiger partial charge in [-0.05, 0) is 101 Å². The molecule has 0 aliphatic heterocycles. The second kappa shape index (κ2) is 24.8. The van der Waals surface area contributed by atoms with Crippen LogP contribution in [0.25, 0.3) is 0 Å². The molecule has 0 spiro atoms. The number of ether oxygens (including phenoxy) is 1. The Balaban J connectivity index is 0.00000152. The third-order valence-corrected chi connectivity index (χ3v) is 8.37. The Labute approximate surface area is 330 Å². The first-order chi connectivity index (χ1) is 23.4. The van der Waals surface area contributed by atoms with Gasteiger partial charge in [-0.25, -0.2) is 0 Å². The number of benzene rings is 2. The van der Waals surface area contributed by atoms with Crippen molar-refractivity contribution in [2.45, 2.75) is 36.9 Å². The van der Waals surface area contributed by atoms with Crippen molar-refractivity contribution in [3.63, 3.8) is 0 Å².